The van der Waals surface area contributed by atoms with Crippen molar-refractivity contribution in [1.29, 1.82) is 0 Å². The van der Waals surface area contributed by atoms with Gasteiger partial charge in [-0.05, 0) is 135 Å². The highest BCUT2D eigenvalue weighted by Crippen LogP contribution is 2.45. The quantitative estimate of drug-likeness (QED) is 0.0146. The Labute approximate surface area is 628 Å². The number of hydrogen-bond donors (Lipinski definition) is 4. The molecule has 5 atom stereocenters. The zero-order valence-electron chi connectivity index (χ0n) is 65.2. The second-order valence-electron chi connectivity index (χ2n) is 27.6. The van der Waals surface area contributed by atoms with Crippen LogP contribution < -0.4 is 0 Å². The van der Waals surface area contributed by atoms with Crippen LogP contribution in [-0.4, -0.2) is 95.9 Å². The van der Waals surface area contributed by atoms with Crippen LogP contribution in [0.4, 0.5) is 0 Å². The fourth-order valence-corrected chi connectivity index (χ4v) is 12.7. The third-order valence-corrected chi connectivity index (χ3v) is 19.3. The Morgan fingerprint density at radius 1 is 0.272 bits per heavy atom. The van der Waals surface area contributed by atoms with Crippen LogP contribution in [0.1, 0.15) is 355 Å². The molecule has 18 heteroatoms. The molecule has 0 saturated heterocycles. The Morgan fingerprint density at radius 2 is 0.485 bits per heavy atom. The van der Waals surface area contributed by atoms with Crippen LogP contribution in [0.15, 0.2) is 109 Å². The fraction of sp³-hybridized carbons (Fsp3) is 0.753. The lowest BCUT2D eigenvalue weighted by Crippen LogP contribution is -2.30. The lowest BCUT2D eigenvalue weighted by atomic mass is 10.0. The molecular weight excluding hydrogens is 1340 g/mol. The summed E-state index contributed by atoms with van der Waals surface area (Å²) in [6.07, 6.45) is 91.3. The zero-order chi connectivity index (χ0) is 75.2. The van der Waals surface area contributed by atoms with E-state index in [0.717, 1.165) is 148 Å². The number of phosphoric acid groups is 2. The molecule has 16 nitrogen and oxygen atoms in total. The average molecular weight is 1490 g/mol. The lowest BCUT2D eigenvalue weighted by Gasteiger charge is -2.21. The number of unbranched alkanes of at least 4 members (excludes halogenated alkanes) is 37. The average Bonchev–Trinajstić information content (AvgIpc) is 0.915. The smallest absolute Gasteiger partial charge is 0.463 e. The van der Waals surface area contributed by atoms with Crippen LogP contribution in [0.25, 0.3) is 0 Å². The van der Waals surface area contributed by atoms with E-state index in [1.807, 2.05) is 0 Å². The van der Waals surface area contributed by atoms with E-state index in [4.69, 9.17) is 32.3 Å². The van der Waals surface area contributed by atoms with Gasteiger partial charge in [0.15, 0.2) is 6.10 Å². The summed E-state index contributed by atoms with van der Waals surface area (Å²) in [5.74, 6) is -1.59. The number of carbonyl (C=O) groups excluding carboxylic acids is 3. The number of phosphoric ester groups is 2. The second kappa shape index (κ2) is 77.8. The summed E-state index contributed by atoms with van der Waals surface area (Å²) in [5.41, 5.74) is 0. The predicted molar refractivity (Wildman–Crippen MR) is 427 cm³/mol. The van der Waals surface area contributed by atoms with E-state index in [9.17, 15) is 43.5 Å². The summed E-state index contributed by atoms with van der Waals surface area (Å²) in [6, 6.07) is 0. The molecule has 0 bridgehead atoms. The number of carbonyl (C=O) groups is 3. The monoisotopic (exact) mass is 1490 g/mol. The molecule has 0 heterocycles. The van der Waals surface area contributed by atoms with E-state index in [-0.39, 0.29) is 19.3 Å². The van der Waals surface area contributed by atoms with Gasteiger partial charge in [-0.1, -0.05) is 310 Å². The highest BCUT2D eigenvalue weighted by Gasteiger charge is 2.29. The van der Waals surface area contributed by atoms with Gasteiger partial charge < -0.3 is 34.2 Å². The number of ether oxygens (including phenoxy) is 3. The first kappa shape index (κ1) is 99.2. The topological polar surface area (TPSA) is 231 Å². The van der Waals surface area contributed by atoms with Crippen molar-refractivity contribution in [3.05, 3.63) is 109 Å². The minimum absolute atomic E-state index is 0.0920. The van der Waals surface area contributed by atoms with Gasteiger partial charge in [0, 0.05) is 19.3 Å². The largest absolute Gasteiger partial charge is 0.472 e. The highest BCUT2D eigenvalue weighted by molar-refractivity contribution is 7.47. The van der Waals surface area contributed by atoms with Crippen LogP contribution in [0, 0.1) is 0 Å². The summed E-state index contributed by atoms with van der Waals surface area (Å²) in [4.78, 5) is 58.7. The minimum atomic E-state index is -4.94. The van der Waals surface area contributed by atoms with E-state index >= 15 is 0 Å². The van der Waals surface area contributed by atoms with E-state index in [2.05, 4.69) is 130 Å². The van der Waals surface area contributed by atoms with E-state index < -0.39 is 91.5 Å². The van der Waals surface area contributed by atoms with Crippen molar-refractivity contribution in [3.8, 4) is 0 Å². The molecule has 596 valence electrons. The first-order valence-corrected chi connectivity index (χ1v) is 44.2. The number of allylic oxidation sites excluding steroid dienone is 18. The minimum Gasteiger partial charge on any atom is -0.463 e. The Bertz CT molecular complexity index is 2310. The first-order valence-electron chi connectivity index (χ1n) is 41.2. The van der Waals surface area contributed by atoms with Crippen molar-refractivity contribution in [2.45, 2.75) is 373 Å². The summed E-state index contributed by atoms with van der Waals surface area (Å²) >= 11 is 0. The standard InChI is InChI=1S/C85H150O16P2/c1-4-7-10-13-16-19-22-25-28-30-32-34-36-37-38-39-40-41-43-45-46-48-51-53-56-59-62-65-68-71-83(88)95-74-80(86)75-97-102(91,92)98-76-81(87)77-99-103(93,94)100-79-82(101-85(90)73-70-67-64-61-58-55-50-27-24-21-18-15-12-9-6-3)78-96-84(89)72-69-66-63-60-57-54-52-49-47-44-42-35-33-31-29-26-23-20-17-14-11-8-5-2/h16-17,19-20,25-29,32-35,37-38,44,47,50,80-82,86-87H,4-15,18,21-24,30-31,36,39-43,45-46,48-49,51-79H2,1-3H3,(H,91,92)(H,93,94)/b19-16-,20-17-,28-25-,29-26-,34-32-,35-33-,38-37-,47-44-,50-27-. The molecule has 0 aromatic heterocycles. The Morgan fingerprint density at radius 3 is 0.796 bits per heavy atom. The van der Waals surface area contributed by atoms with Gasteiger partial charge in [0.05, 0.1) is 26.4 Å². The summed E-state index contributed by atoms with van der Waals surface area (Å²) in [7, 11) is -9.79. The summed E-state index contributed by atoms with van der Waals surface area (Å²) in [6.45, 7) is 2.63. The maximum Gasteiger partial charge on any atom is 0.472 e. The van der Waals surface area contributed by atoms with Gasteiger partial charge >= 0.3 is 33.6 Å². The van der Waals surface area contributed by atoms with Crippen molar-refractivity contribution in [1.82, 2.24) is 0 Å². The molecule has 0 aliphatic carbocycles. The van der Waals surface area contributed by atoms with E-state index in [0.29, 0.717) is 19.3 Å². The van der Waals surface area contributed by atoms with Gasteiger partial charge in [0.1, 0.15) is 25.4 Å². The van der Waals surface area contributed by atoms with E-state index in [1.165, 1.54) is 148 Å². The maximum absolute atomic E-state index is 13.0. The van der Waals surface area contributed by atoms with Gasteiger partial charge in [-0.25, -0.2) is 9.13 Å². The Hall–Kier alpha value is -3.79. The van der Waals surface area contributed by atoms with Gasteiger partial charge in [0.2, 0.25) is 0 Å². The molecule has 0 aromatic carbocycles. The first-order chi connectivity index (χ1) is 50.2. The van der Waals surface area contributed by atoms with Gasteiger partial charge in [-0.2, -0.15) is 0 Å². The molecule has 0 spiro atoms. The molecule has 4 N–H and O–H groups in total. The predicted octanol–water partition coefficient (Wildman–Crippen LogP) is 24.3. The van der Waals surface area contributed by atoms with Crippen LogP contribution in [-0.2, 0) is 55.8 Å². The van der Waals surface area contributed by atoms with Crippen molar-refractivity contribution in [2.24, 2.45) is 0 Å². The van der Waals surface area contributed by atoms with Crippen LogP contribution in [0.3, 0.4) is 0 Å². The van der Waals surface area contributed by atoms with Crippen LogP contribution >= 0.6 is 15.6 Å². The summed E-state index contributed by atoms with van der Waals surface area (Å²) in [5, 5.41) is 20.7. The van der Waals surface area contributed by atoms with Crippen molar-refractivity contribution in [3.63, 3.8) is 0 Å². The zero-order valence-corrected chi connectivity index (χ0v) is 67.0. The fourth-order valence-electron chi connectivity index (χ4n) is 11.1. The number of rotatable bonds is 78. The van der Waals surface area contributed by atoms with Gasteiger partial charge in [-0.3, -0.25) is 32.5 Å². The van der Waals surface area contributed by atoms with E-state index in [1.54, 1.807) is 0 Å². The molecule has 103 heavy (non-hydrogen) atoms. The number of aliphatic hydroxyl groups excluding tert-OH is 2. The second-order valence-corrected chi connectivity index (χ2v) is 30.5. The Kier molecular flexibility index (Phi) is 74.9. The molecule has 0 rings (SSSR count). The molecule has 0 radical (unpaired) electrons. The number of aliphatic hydroxyl groups is 2. The SMILES string of the molecule is CCCCC/C=C\C/C=C\C/C=C\C/C=C\CCCCCCCCCCCCCCCC(=O)OCC(O)COP(=O)(O)OCC(O)COP(=O)(O)OCC(COC(=O)CCCCCCCCC/C=C\C/C=C\C/C=C\C/C=C\CCCCC)OC(=O)CCCCCCC/C=C\CCCCCCCC. The highest BCUT2D eigenvalue weighted by atomic mass is 31.2. The molecule has 0 aliphatic heterocycles. The Balaban J connectivity index is 4.53. The number of esters is 3. The normalized spacial score (nSPS) is 14.5. The van der Waals surface area contributed by atoms with Crippen LogP contribution in [0.5, 0.6) is 0 Å². The maximum atomic E-state index is 13.0. The lowest BCUT2D eigenvalue weighted by molar-refractivity contribution is -0.161. The molecule has 0 fully saturated rings. The van der Waals surface area contributed by atoms with Gasteiger partial charge in [0.25, 0.3) is 0 Å². The van der Waals surface area contributed by atoms with Crippen LogP contribution in [0.2, 0.25) is 0 Å². The van der Waals surface area contributed by atoms with Gasteiger partial charge in [-0.15, -0.1) is 0 Å². The molecule has 0 amide bonds. The molecular formula is C85H150O16P2. The van der Waals surface area contributed by atoms with Crippen molar-refractivity contribution in [2.75, 3.05) is 39.6 Å². The molecule has 0 aromatic rings. The third kappa shape index (κ3) is 79.1. The number of hydrogen-bond acceptors (Lipinski definition) is 14. The molecule has 5 unspecified atom stereocenters. The third-order valence-electron chi connectivity index (χ3n) is 17.4. The van der Waals surface area contributed by atoms with Crippen molar-refractivity contribution < 1.29 is 75.8 Å². The molecule has 0 aliphatic rings. The van der Waals surface area contributed by atoms with Crippen molar-refractivity contribution >= 4 is 33.6 Å². The molecule has 0 saturated carbocycles. The summed E-state index contributed by atoms with van der Waals surface area (Å²) < 4.78 is 61.2.